The third kappa shape index (κ3) is 2.86. The number of benzene rings is 1. The first-order valence-corrected chi connectivity index (χ1v) is 5.54. The Balaban J connectivity index is 2.27. The van der Waals surface area contributed by atoms with Crippen molar-refractivity contribution in [2.24, 2.45) is 0 Å². The van der Waals surface area contributed by atoms with E-state index in [-0.39, 0.29) is 29.4 Å². The van der Waals surface area contributed by atoms with Gasteiger partial charge in [-0.2, -0.15) is 0 Å². The first-order chi connectivity index (χ1) is 9.47. The van der Waals surface area contributed by atoms with Gasteiger partial charge in [-0.25, -0.2) is 0 Å². The normalized spacial score (nSPS) is 10.2. The first-order valence-electron chi connectivity index (χ1n) is 5.54. The van der Waals surface area contributed by atoms with Gasteiger partial charge in [0.15, 0.2) is 11.4 Å². The summed E-state index contributed by atoms with van der Waals surface area (Å²) in [6, 6.07) is 7.98. The topological polar surface area (TPSA) is 119 Å². The van der Waals surface area contributed by atoms with Gasteiger partial charge >= 0.3 is 5.82 Å². The van der Waals surface area contributed by atoms with Gasteiger partial charge in [-0.05, 0) is 21.5 Å². The lowest BCUT2D eigenvalue weighted by molar-refractivity contribution is -0.389. The molecule has 1 aromatic heterocycles. The number of hydrogen-bond acceptors (Lipinski definition) is 6. The fourth-order valence-corrected chi connectivity index (χ4v) is 1.64. The smallest absolute Gasteiger partial charge is 0.363 e. The molecule has 1 aromatic carbocycles. The molecule has 8 nitrogen and oxygen atoms in total. The first kappa shape index (κ1) is 13.4. The SMILES string of the molecule is O=[N+]([O-])c1ccc(Cc2nc([N+](=O)[O-])ccc2O)cc1. The minimum Gasteiger partial charge on any atom is -0.504 e. The molecule has 102 valence electrons. The van der Waals surface area contributed by atoms with Crippen LogP contribution in [0.5, 0.6) is 5.75 Å². The highest BCUT2D eigenvalue weighted by atomic mass is 16.6. The van der Waals surface area contributed by atoms with Gasteiger partial charge in [0.25, 0.3) is 5.69 Å². The molecule has 0 aliphatic rings. The van der Waals surface area contributed by atoms with E-state index in [2.05, 4.69) is 4.98 Å². The van der Waals surface area contributed by atoms with E-state index in [0.717, 1.165) is 6.07 Å². The fourth-order valence-electron chi connectivity index (χ4n) is 1.64. The van der Waals surface area contributed by atoms with Gasteiger partial charge in [0.1, 0.15) is 0 Å². The Morgan fingerprint density at radius 1 is 1.00 bits per heavy atom. The molecule has 0 saturated carbocycles. The number of aromatic hydroxyl groups is 1. The number of rotatable bonds is 4. The summed E-state index contributed by atoms with van der Waals surface area (Å²) in [5.41, 5.74) is 0.747. The molecule has 0 bridgehead atoms. The van der Waals surface area contributed by atoms with E-state index in [1.807, 2.05) is 0 Å². The molecule has 0 fully saturated rings. The van der Waals surface area contributed by atoms with Crippen LogP contribution in [0.25, 0.3) is 0 Å². The van der Waals surface area contributed by atoms with Crippen molar-refractivity contribution in [1.29, 1.82) is 0 Å². The summed E-state index contributed by atoms with van der Waals surface area (Å²) < 4.78 is 0. The molecule has 8 heteroatoms. The summed E-state index contributed by atoms with van der Waals surface area (Å²) in [6.07, 6.45) is 0.144. The maximum Gasteiger partial charge on any atom is 0.363 e. The van der Waals surface area contributed by atoms with Gasteiger partial charge in [-0.1, -0.05) is 12.1 Å². The molecular weight excluding hydrogens is 266 g/mol. The number of nitro groups is 2. The van der Waals surface area contributed by atoms with Crippen molar-refractivity contribution >= 4 is 11.5 Å². The molecule has 0 aliphatic carbocycles. The maximum atomic E-state index is 10.6. The quantitative estimate of drug-likeness (QED) is 0.674. The largest absolute Gasteiger partial charge is 0.504 e. The number of pyridine rings is 1. The van der Waals surface area contributed by atoms with Crippen LogP contribution < -0.4 is 0 Å². The molecule has 0 unspecified atom stereocenters. The zero-order chi connectivity index (χ0) is 14.7. The van der Waals surface area contributed by atoms with E-state index < -0.39 is 9.85 Å². The molecule has 1 heterocycles. The fraction of sp³-hybridized carbons (Fsp3) is 0.0833. The Hall–Kier alpha value is -3.03. The minimum atomic E-state index is -0.654. The lowest BCUT2D eigenvalue weighted by Gasteiger charge is -2.01. The molecule has 0 atom stereocenters. The zero-order valence-corrected chi connectivity index (χ0v) is 10.1. The van der Waals surface area contributed by atoms with Crippen molar-refractivity contribution in [3.05, 3.63) is 67.9 Å². The molecule has 1 N–H and O–H groups in total. The Kier molecular flexibility index (Phi) is 3.56. The van der Waals surface area contributed by atoms with Crippen LogP contribution in [0.4, 0.5) is 11.5 Å². The van der Waals surface area contributed by atoms with Crippen LogP contribution in [-0.2, 0) is 6.42 Å². The van der Waals surface area contributed by atoms with Crippen molar-refractivity contribution in [1.82, 2.24) is 4.98 Å². The molecule has 0 amide bonds. The Morgan fingerprint density at radius 3 is 2.20 bits per heavy atom. The van der Waals surface area contributed by atoms with E-state index in [0.29, 0.717) is 5.56 Å². The van der Waals surface area contributed by atoms with Gasteiger partial charge in [0.05, 0.1) is 4.92 Å². The summed E-state index contributed by atoms with van der Waals surface area (Å²) in [5, 5.41) is 30.8. The standard InChI is InChI=1S/C12H9N3O5/c16-11-5-6-12(15(19)20)13-10(11)7-8-1-3-9(4-2-8)14(17)18/h1-6,16H,7H2. The Morgan fingerprint density at radius 2 is 1.65 bits per heavy atom. The highest BCUT2D eigenvalue weighted by Crippen LogP contribution is 2.22. The van der Waals surface area contributed by atoms with Crippen LogP contribution in [0, 0.1) is 20.2 Å². The predicted molar refractivity (Wildman–Crippen MR) is 68.5 cm³/mol. The van der Waals surface area contributed by atoms with E-state index in [9.17, 15) is 25.3 Å². The molecule has 2 aromatic rings. The number of non-ortho nitro benzene ring substituents is 1. The average molecular weight is 275 g/mol. The Labute approximate surface area is 112 Å². The lowest BCUT2D eigenvalue weighted by atomic mass is 10.1. The second-order valence-electron chi connectivity index (χ2n) is 3.99. The van der Waals surface area contributed by atoms with Crippen LogP contribution in [-0.4, -0.2) is 19.9 Å². The highest BCUT2D eigenvalue weighted by molar-refractivity contribution is 5.39. The van der Waals surface area contributed by atoms with Crippen LogP contribution in [0.3, 0.4) is 0 Å². The number of nitro benzene ring substituents is 1. The third-order valence-electron chi connectivity index (χ3n) is 2.64. The van der Waals surface area contributed by atoms with E-state index in [4.69, 9.17) is 0 Å². The minimum absolute atomic E-state index is 0.0510. The lowest BCUT2D eigenvalue weighted by Crippen LogP contribution is -1.98. The molecule has 0 saturated heterocycles. The van der Waals surface area contributed by atoms with Gasteiger partial charge in [0.2, 0.25) is 0 Å². The van der Waals surface area contributed by atoms with Crippen LogP contribution in [0.2, 0.25) is 0 Å². The predicted octanol–water partition coefficient (Wildman–Crippen LogP) is 2.19. The van der Waals surface area contributed by atoms with E-state index in [1.165, 1.54) is 30.3 Å². The Bertz CT molecular complexity index is 669. The van der Waals surface area contributed by atoms with Gasteiger partial charge in [-0.3, -0.25) is 10.1 Å². The second kappa shape index (κ2) is 5.31. The average Bonchev–Trinajstić information content (AvgIpc) is 2.41. The zero-order valence-electron chi connectivity index (χ0n) is 10.1. The summed E-state index contributed by atoms with van der Waals surface area (Å²) >= 11 is 0. The second-order valence-corrected chi connectivity index (χ2v) is 3.99. The van der Waals surface area contributed by atoms with Crippen LogP contribution >= 0.6 is 0 Å². The number of nitrogens with zero attached hydrogens (tertiary/aromatic N) is 3. The van der Waals surface area contributed by atoms with Crippen molar-refractivity contribution in [3.63, 3.8) is 0 Å². The van der Waals surface area contributed by atoms with Gasteiger partial charge < -0.3 is 15.2 Å². The maximum absolute atomic E-state index is 10.6. The summed E-state index contributed by atoms with van der Waals surface area (Å²) in [6.45, 7) is 0. The summed E-state index contributed by atoms with van der Waals surface area (Å²) in [7, 11) is 0. The number of aromatic nitrogens is 1. The van der Waals surface area contributed by atoms with Crippen molar-refractivity contribution < 1.29 is 15.0 Å². The van der Waals surface area contributed by atoms with Gasteiger partial charge in [-0.15, -0.1) is 0 Å². The molecule has 0 spiro atoms. The summed E-state index contributed by atoms with van der Waals surface area (Å²) in [5.74, 6) is -0.520. The van der Waals surface area contributed by atoms with E-state index >= 15 is 0 Å². The van der Waals surface area contributed by atoms with Gasteiger partial charge in [0, 0.05) is 24.6 Å². The van der Waals surface area contributed by atoms with Crippen molar-refractivity contribution in [3.8, 4) is 5.75 Å². The van der Waals surface area contributed by atoms with E-state index in [1.54, 1.807) is 0 Å². The highest BCUT2D eigenvalue weighted by Gasteiger charge is 2.15. The van der Waals surface area contributed by atoms with Crippen LogP contribution in [0.1, 0.15) is 11.3 Å². The number of hydrogen-bond donors (Lipinski definition) is 1. The molecular formula is C12H9N3O5. The molecule has 2 rings (SSSR count). The molecule has 0 radical (unpaired) electrons. The van der Waals surface area contributed by atoms with Crippen molar-refractivity contribution in [2.75, 3.05) is 0 Å². The molecule has 0 aliphatic heterocycles. The third-order valence-corrected chi connectivity index (χ3v) is 2.64. The van der Waals surface area contributed by atoms with Crippen molar-refractivity contribution in [2.45, 2.75) is 6.42 Å². The summed E-state index contributed by atoms with van der Waals surface area (Å²) in [4.78, 5) is 23.7. The molecule has 20 heavy (non-hydrogen) atoms. The van der Waals surface area contributed by atoms with Crippen LogP contribution in [0.15, 0.2) is 36.4 Å². The monoisotopic (exact) mass is 275 g/mol.